The Labute approximate surface area is 179 Å². The first kappa shape index (κ1) is 23.2. The van der Waals surface area contributed by atoms with Crippen molar-refractivity contribution in [3.63, 3.8) is 0 Å². The van der Waals surface area contributed by atoms with E-state index < -0.39 is 0 Å². The second kappa shape index (κ2) is 12.5. The van der Waals surface area contributed by atoms with E-state index in [2.05, 4.69) is 50.3 Å². The van der Waals surface area contributed by atoms with Gasteiger partial charge in [0, 0.05) is 26.1 Å². The first-order valence-electron chi connectivity index (χ1n) is 9.26. The number of ether oxygens (including phenoxy) is 1. The topological polar surface area (TPSA) is 76.4 Å². The maximum Gasteiger partial charge on any atom is 0.191 e. The maximum absolute atomic E-state index is 5.74. The van der Waals surface area contributed by atoms with Gasteiger partial charge in [-0.2, -0.15) is 0 Å². The quantitative estimate of drug-likeness (QED) is 0.324. The van der Waals surface area contributed by atoms with Crippen molar-refractivity contribution in [3.8, 4) is 5.75 Å². The molecule has 1 aromatic carbocycles. The van der Waals surface area contributed by atoms with E-state index in [1.807, 2.05) is 32.0 Å². The lowest BCUT2D eigenvalue weighted by atomic mass is 10.2. The predicted octanol–water partition coefficient (Wildman–Crippen LogP) is 3.00. The number of aromatic nitrogens is 3. The molecule has 0 unspecified atom stereocenters. The molecular formula is C19H31IN6O. The molecule has 0 aliphatic rings. The number of aliphatic imine (C=N–C) groups is 1. The van der Waals surface area contributed by atoms with E-state index in [4.69, 9.17) is 4.74 Å². The lowest BCUT2D eigenvalue weighted by Gasteiger charge is -2.13. The summed E-state index contributed by atoms with van der Waals surface area (Å²) in [6.45, 7) is 11.2. The number of hydrogen-bond acceptors (Lipinski definition) is 4. The van der Waals surface area contributed by atoms with Gasteiger partial charge in [0.25, 0.3) is 0 Å². The largest absolute Gasteiger partial charge is 0.491 e. The van der Waals surface area contributed by atoms with Gasteiger partial charge in [0.05, 0.1) is 12.6 Å². The fourth-order valence-electron chi connectivity index (χ4n) is 2.54. The summed E-state index contributed by atoms with van der Waals surface area (Å²) in [6.07, 6.45) is 2.81. The van der Waals surface area contributed by atoms with Gasteiger partial charge in [-0.25, -0.2) is 4.99 Å². The number of rotatable bonds is 9. The smallest absolute Gasteiger partial charge is 0.191 e. The number of aryl methyl sites for hydroxylation is 1. The monoisotopic (exact) mass is 486 g/mol. The van der Waals surface area contributed by atoms with Gasteiger partial charge in [0.1, 0.15) is 17.9 Å². The molecule has 0 radical (unpaired) electrons. The lowest BCUT2D eigenvalue weighted by Crippen LogP contribution is -2.38. The van der Waals surface area contributed by atoms with Gasteiger partial charge < -0.3 is 19.9 Å². The molecule has 0 amide bonds. The summed E-state index contributed by atoms with van der Waals surface area (Å²) in [5, 5.41) is 14.7. The van der Waals surface area contributed by atoms with Crippen molar-refractivity contribution in [2.45, 2.75) is 53.3 Å². The summed E-state index contributed by atoms with van der Waals surface area (Å²) < 4.78 is 7.80. The average molecular weight is 486 g/mol. The van der Waals surface area contributed by atoms with Crippen LogP contribution in [0.5, 0.6) is 5.75 Å². The van der Waals surface area contributed by atoms with Crippen LogP contribution in [0.2, 0.25) is 0 Å². The van der Waals surface area contributed by atoms with Gasteiger partial charge in [-0.05, 0) is 38.5 Å². The molecule has 150 valence electrons. The van der Waals surface area contributed by atoms with Gasteiger partial charge >= 0.3 is 0 Å². The van der Waals surface area contributed by atoms with Crippen LogP contribution >= 0.6 is 24.0 Å². The van der Waals surface area contributed by atoms with Crippen molar-refractivity contribution < 1.29 is 4.74 Å². The highest BCUT2D eigenvalue weighted by atomic mass is 127. The van der Waals surface area contributed by atoms with Crippen molar-refractivity contribution in [1.29, 1.82) is 0 Å². The maximum atomic E-state index is 5.74. The zero-order chi connectivity index (χ0) is 18.8. The number of benzene rings is 1. The average Bonchev–Trinajstić information content (AvgIpc) is 3.07. The van der Waals surface area contributed by atoms with Crippen LogP contribution in [0.3, 0.4) is 0 Å². The molecule has 0 fully saturated rings. The van der Waals surface area contributed by atoms with Crippen LogP contribution in [-0.2, 0) is 19.5 Å². The summed E-state index contributed by atoms with van der Waals surface area (Å²) in [5.74, 6) is 2.68. The van der Waals surface area contributed by atoms with Crippen molar-refractivity contribution in [1.82, 2.24) is 25.4 Å². The molecular weight excluding hydrogens is 455 g/mol. The van der Waals surface area contributed by atoms with E-state index in [9.17, 15) is 0 Å². The van der Waals surface area contributed by atoms with E-state index in [0.29, 0.717) is 6.54 Å². The molecule has 0 atom stereocenters. The van der Waals surface area contributed by atoms with Gasteiger partial charge in [-0.1, -0.05) is 19.1 Å². The molecule has 0 bridgehead atoms. The third kappa shape index (κ3) is 8.15. The minimum Gasteiger partial charge on any atom is -0.491 e. The summed E-state index contributed by atoms with van der Waals surface area (Å²) in [6, 6.07) is 8.07. The molecule has 2 N–H and O–H groups in total. The molecule has 7 nitrogen and oxygen atoms in total. The standard InChI is InChI=1S/C19H30N6O.HI/c1-5-18-24-23-14-25(18)11-10-21-19(20-6-2)22-13-16-8-7-9-17(12-16)26-15(3)4;/h7-9,12,14-15H,5-6,10-11,13H2,1-4H3,(H2,20,21,22);1H. The van der Waals surface area contributed by atoms with Gasteiger partial charge in [-0.15, -0.1) is 34.2 Å². The van der Waals surface area contributed by atoms with Crippen LogP contribution < -0.4 is 15.4 Å². The van der Waals surface area contributed by atoms with Gasteiger partial charge in [0.15, 0.2) is 5.96 Å². The lowest BCUT2D eigenvalue weighted by molar-refractivity contribution is 0.242. The van der Waals surface area contributed by atoms with Crippen LogP contribution in [0, 0.1) is 0 Å². The van der Waals surface area contributed by atoms with Crippen molar-refractivity contribution >= 4 is 29.9 Å². The molecule has 2 rings (SSSR count). The Bertz CT molecular complexity index is 701. The highest BCUT2D eigenvalue weighted by Crippen LogP contribution is 2.15. The van der Waals surface area contributed by atoms with E-state index in [0.717, 1.165) is 49.2 Å². The first-order chi connectivity index (χ1) is 12.6. The zero-order valence-corrected chi connectivity index (χ0v) is 18.9. The van der Waals surface area contributed by atoms with Crippen LogP contribution in [0.1, 0.15) is 39.1 Å². The van der Waals surface area contributed by atoms with Gasteiger partial charge in [0.2, 0.25) is 0 Å². The zero-order valence-electron chi connectivity index (χ0n) is 16.6. The van der Waals surface area contributed by atoms with Gasteiger partial charge in [-0.3, -0.25) is 0 Å². The fraction of sp³-hybridized carbons (Fsp3) is 0.526. The Morgan fingerprint density at radius 3 is 2.78 bits per heavy atom. The summed E-state index contributed by atoms with van der Waals surface area (Å²) in [7, 11) is 0. The van der Waals surface area contributed by atoms with E-state index in [-0.39, 0.29) is 30.1 Å². The number of nitrogens with one attached hydrogen (secondary N) is 2. The van der Waals surface area contributed by atoms with E-state index in [1.54, 1.807) is 6.33 Å². The number of guanidine groups is 1. The summed E-state index contributed by atoms with van der Waals surface area (Å²) >= 11 is 0. The molecule has 0 aliphatic carbocycles. The third-order valence-corrected chi connectivity index (χ3v) is 3.69. The van der Waals surface area contributed by atoms with E-state index in [1.165, 1.54) is 0 Å². The second-order valence-electron chi connectivity index (χ2n) is 6.23. The van der Waals surface area contributed by atoms with Crippen LogP contribution in [0.25, 0.3) is 0 Å². The molecule has 0 spiro atoms. The molecule has 8 heteroatoms. The first-order valence-corrected chi connectivity index (χ1v) is 9.26. The number of hydrogen-bond donors (Lipinski definition) is 2. The van der Waals surface area contributed by atoms with Crippen LogP contribution in [-0.4, -0.2) is 39.9 Å². The Hall–Kier alpha value is -1.84. The minimum atomic E-state index is 0. The Balaban J connectivity index is 0.00000364. The minimum absolute atomic E-state index is 0. The van der Waals surface area contributed by atoms with E-state index >= 15 is 0 Å². The number of nitrogens with zero attached hydrogens (tertiary/aromatic N) is 4. The fourth-order valence-corrected chi connectivity index (χ4v) is 2.54. The Kier molecular flexibility index (Phi) is 10.8. The molecule has 2 aromatic rings. The second-order valence-corrected chi connectivity index (χ2v) is 6.23. The third-order valence-electron chi connectivity index (χ3n) is 3.69. The van der Waals surface area contributed by atoms with Crippen molar-refractivity contribution in [2.75, 3.05) is 13.1 Å². The predicted molar refractivity (Wildman–Crippen MR) is 120 cm³/mol. The highest BCUT2D eigenvalue weighted by molar-refractivity contribution is 14.0. The van der Waals surface area contributed by atoms with Crippen molar-refractivity contribution in [3.05, 3.63) is 42.0 Å². The van der Waals surface area contributed by atoms with Crippen LogP contribution in [0.15, 0.2) is 35.6 Å². The molecule has 0 aliphatic heterocycles. The molecule has 0 saturated heterocycles. The Morgan fingerprint density at radius 2 is 2.07 bits per heavy atom. The normalized spacial score (nSPS) is 11.2. The number of halogens is 1. The Morgan fingerprint density at radius 1 is 1.26 bits per heavy atom. The SMILES string of the molecule is CCNC(=NCc1cccc(OC(C)C)c1)NCCn1cnnc1CC.I. The summed E-state index contributed by atoms with van der Waals surface area (Å²) in [5.41, 5.74) is 1.12. The summed E-state index contributed by atoms with van der Waals surface area (Å²) in [4.78, 5) is 4.66. The molecule has 0 saturated carbocycles. The highest BCUT2D eigenvalue weighted by Gasteiger charge is 2.03. The molecule has 1 heterocycles. The van der Waals surface area contributed by atoms with Crippen LogP contribution in [0.4, 0.5) is 0 Å². The van der Waals surface area contributed by atoms with Crippen molar-refractivity contribution in [2.24, 2.45) is 4.99 Å². The molecule has 27 heavy (non-hydrogen) atoms. The molecule has 1 aromatic heterocycles.